The minimum Gasteiger partial charge on any atom is -0.369 e. The minimum absolute atomic E-state index is 0.0999. The summed E-state index contributed by atoms with van der Waals surface area (Å²) in [6, 6.07) is 7.51. The van der Waals surface area contributed by atoms with Crippen LogP contribution in [0.2, 0.25) is 5.02 Å². The molecule has 0 atom stereocenters. The van der Waals surface area contributed by atoms with Crippen molar-refractivity contribution in [2.75, 3.05) is 37.6 Å². The van der Waals surface area contributed by atoms with Crippen LogP contribution in [0.15, 0.2) is 35.5 Å². The molecule has 0 unspecified atom stereocenters. The molecule has 1 fully saturated rings. The van der Waals surface area contributed by atoms with Crippen molar-refractivity contribution in [3.63, 3.8) is 0 Å². The van der Waals surface area contributed by atoms with E-state index in [1.807, 2.05) is 31.2 Å². The Morgan fingerprint density at radius 1 is 1.23 bits per heavy atom. The number of anilines is 1. The van der Waals surface area contributed by atoms with Gasteiger partial charge in [0.25, 0.3) is 15.9 Å². The molecule has 0 spiro atoms. The van der Waals surface area contributed by atoms with Gasteiger partial charge in [-0.2, -0.15) is 9.40 Å². The number of hydrogen-bond acceptors (Lipinski definition) is 5. The van der Waals surface area contributed by atoms with Gasteiger partial charge in [0.15, 0.2) is 0 Å². The lowest BCUT2D eigenvalue weighted by Gasteiger charge is -2.35. The molecular weight excluding hydrogens is 438 g/mol. The van der Waals surface area contributed by atoms with E-state index in [9.17, 15) is 13.2 Å². The summed E-state index contributed by atoms with van der Waals surface area (Å²) in [6.07, 6.45) is 2.33. The van der Waals surface area contributed by atoms with E-state index >= 15 is 0 Å². The highest BCUT2D eigenvalue weighted by molar-refractivity contribution is 7.89. The van der Waals surface area contributed by atoms with Gasteiger partial charge >= 0.3 is 0 Å². The largest absolute Gasteiger partial charge is 0.369 e. The van der Waals surface area contributed by atoms with Crippen LogP contribution in [0.25, 0.3) is 0 Å². The van der Waals surface area contributed by atoms with Crippen LogP contribution >= 0.6 is 11.6 Å². The third-order valence-electron chi connectivity index (χ3n) is 5.30. The first-order chi connectivity index (χ1) is 14.7. The van der Waals surface area contributed by atoms with Crippen molar-refractivity contribution in [3.8, 4) is 0 Å². The summed E-state index contributed by atoms with van der Waals surface area (Å²) in [5.74, 6) is 0.0362. The Balaban J connectivity index is 1.76. The highest BCUT2D eigenvalue weighted by Crippen LogP contribution is 2.24. The molecule has 0 saturated carbocycles. The van der Waals surface area contributed by atoms with E-state index in [0.29, 0.717) is 50.2 Å². The maximum absolute atomic E-state index is 13.4. The number of aryl methyl sites for hydroxylation is 1. The van der Waals surface area contributed by atoms with Crippen LogP contribution in [-0.2, 0) is 16.6 Å². The first-order valence-electron chi connectivity index (χ1n) is 10.6. The number of amides is 1. The molecule has 1 N–H and O–H groups in total. The van der Waals surface area contributed by atoms with Crippen molar-refractivity contribution in [1.29, 1.82) is 0 Å². The molecule has 1 saturated heterocycles. The quantitative estimate of drug-likeness (QED) is 0.645. The summed E-state index contributed by atoms with van der Waals surface area (Å²) in [5.41, 5.74) is 1.06. The normalized spacial score (nSPS) is 15.5. The van der Waals surface area contributed by atoms with E-state index in [0.717, 1.165) is 12.1 Å². The number of nitrogens with zero attached hydrogens (tertiary/aromatic N) is 4. The van der Waals surface area contributed by atoms with Gasteiger partial charge in [0.1, 0.15) is 0 Å². The minimum atomic E-state index is -3.89. The first-order valence-corrected chi connectivity index (χ1v) is 12.4. The van der Waals surface area contributed by atoms with Gasteiger partial charge in [0.2, 0.25) is 5.03 Å². The standard InChI is InChI=1S/C21H30ClN5O3S/c1-4-26-15-19(20(28)23-9-8-16(2)3)21(24-26)31(29,30)27-12-10-25(11-13-27)18-7-5-6-17(22)14-18/h5-7,14-16H,4,8-13H2,1-3H3,(H,23,28). The first kappa shape index (κ1) is 23.6. The fourth-order valence-corrected chi connectivity index (χ4v) is 5.17. The Bertz CT molecular complexity index is 1010. The van der Waals surface area contributed by atoms with Gasteiger partial charge in [-0.3, -0.25) is 9.48 Å². The van der Waals surface area contributed by atoms with Gasteiger partial charge in [0.05, 0.1) is 5.56 Å². The monoisotopic (exact) mass is 467 g/mol. The summed E-state index contributed by atoms with van der Waals surface area (Å²) < 4.78 is 29.6. The molecule has 31 heavy (non-hydrogen) atoms. The van der Waals surface area contributed by atoms with Crippen LogP contribution in [0.5, 0.6) is 0 Å². The van der Waals surface area contributed by atoms with Gasteiger partial charge in [-0.05, 0) is 37.5 Å². The maximum atomic E-state index is 13.4. The predicted molar refractivity (Wildman–Crippen MR) is 122 cm³/mol. The highest BCUT2D eigenvalue weighted by Gasteiger charge is 2.34. The Morgan fingerprint density at radius 3 is 2.55 bits per heavy atom. The second kappa shape index (κ2) is 10.0. The predicted octanol–water partition coefficient (Wildman–Crippen LogP) is 2.84. The number of aromatic nitrogens is 2. The number of sulfonamides is 1. The number of carbonyl (C=O) groups excluding carboxylic acids is 1. The fraction of sp³-hybridized carbons (Fsp3) is 0.524. The molecule has 10 heteroatoms. The zero-order valence-electron chi connectivity index (χ0n) is 18.2. The number of rotatable bonds is 8. The van der Waals surface area contributed by atoms with Crippen molar-refractivity contribution >= 4 is 33.2 Å². The molecule has 170 valence electrons. The van der Waals surface area contributed by atoms with Crippen LogP contribution < -0.4 is 10.2 Å². The molecule has 0 radical (unpaired) electrons. The number of hydrogen-bond donors (Lipinski definition) is 1. The molecule has 0 bridgehead atoms. The highest BCUT2D eigenvalue weighted by atomic mass is 35.5. The van der Waals surface area contributed by atoms with Gasteiger partial charge in [-0.25, -0.2) is 8.42 Å². The molecule has 3 rings (SSSR count). The Hall–Kier alpha value is -2.10. The number of piperazine rings is 1. The third-order valence-corrected chi connectivity index (χ3v) is 7.37. The molecule has 1 amide bonds. The third kappa shape index (κ3) is 5.58. The van der Waals surface area contributed by atoms with Crippen molar-refractivity contribution in [2.24, 2.45) is 5.92 Å². The summed E-state index contributed by atoms with van der Waals surface area (Å²) in [5, 5.41) is 7.52. The van der Waals surface area contributed by atoms with Crippen molar-refractivity contribution in [2.45, 2.75) is 38.8 Å². The SMILES string of the molecule is CCn1cc(C(=O)NCCC(C)C)c(S(=O)(=O)N2CCN(c3cccc(Cl)c3)CC2)n1. The van der Waals surface area contributed by atoms with Crippen LogP contribution in [0.4, 0.5) is 5.69 Å². The lowest BCUT2D eigenvalue weighted by atomic mass is 10.1. The number of halogens is 1. The second-order valence-corrected chi connectivity index (χ2v) is 10.3. The van der Waals surface area contributed by atoms with E-state index in [1.54, 1.807) is 0 Å². The molecule has 1 aromatic heterocycles. The topological polar surface area (TPSA) is 87.5 Å². The molecule has 2 heterocycles. The molecule has 1 aromatic carbocycles. The van der Waals surface area contributed by atoms with E-state index in [-0.39, 0.29) is 10.6 Å². The Morgan fingerprint density at radius 2 is 1.94 bits per heavy atom. The van der Waals surface area contributed by atoms with E-state index < -0.39 is 15.9 Å². The Kier molecular flexibility index (Phi) is 7.61. The van der Waals surface area contributed by atoms with E-state index in [4.69, 9.17) is 11.6 Å². The molecule has 1 aliphatic heterocycles. The van der Waals surface area contributed by atoms with E-state index in [1.165, 1.54) is 15.2 Å². The molecule has 2 aromatic rings. The second-order valence-electron chi connectivity index (χ2n) is 8.01. The molecule has 8 nitrogen and oxygen atoms in total. The molecule has 0 aliphatic carbocycles. The average Bonchev–Trinajstić information content (AvgIpc) is 3.19. The Labute approximate surface area is 189 Å². The summed E-state index contributed by atoms with van der Waals surface area (Å²) in [7, 11) is -3.89. The van der Waals surface area contributed by atoms with Crippen LogP contribution in [0, 0.1) is 5.92 Å². The zero-order chi connectivity index (χ0) is 22.6. The van der Waals surface area contributed by atoms with E-state index in [2.05, 4.69) is 29.2 Å². The van der Waals surface area contributed by atoms with Gasteiger partial charge in [-0.1, -0.05) is 31.5 Å². The van der Waals surface area contributed by atoms with Crippen molar-refractivity contribution < 1.29 is 13.2 Å². The van der Waals surface area contributed by atoms with Gasteiger partial charge < -0.3 is 10.2 Å². The smallest absolute Gasteiger partial charge is 0.263 e. The number of carbonyl (C=O) groups is 1. The van der Waals surface area contributed by atoms with Gasteiger partial charge in [0, 0.05) is 56.2 Å². The van der Waals surface area contributed by atoms with Gasteiger partial charge in [-0.15, -0.1) is 0 Å². The van der Waals surface area contributed by atoms with Crippen molar-refractivity contribution in [3.05, 3.63) is 41.0 Å². The average molecular weight is 468 g/mol. The number of nitrogens with one attached hydrogen (secondary N) is 1. The summed E-state index contributed by atoms with van der Waals surface area (Å²) >= 11 is 6.08. The lowest BCUT2D eigenvalue weighted by molar-refractivity contribution is 0.0948. The van der Waals surface area contributed by atoms with Crippen LogP contribution in [0.1, 0.15) is 37.6 Å². The van der Waals surface area contributed by atoms with Crippen LogP contribution in [-0.4, -0.2) is 61.1 Å². The maximum Gasteiger partial charge on any atom is 0.263 e. The van der Waals surface area contributed by atoms with Crippen molar-refractivity contribution in [1.82, 2.24) is 19.4 Å². The molecule has 1 aliphatic rings. The fourth-order valence-electron chi connectivity index (χ4n) is 3.46. The number of benzene rings is 1. The summed E-state index contributed by atoms with van der Waals surface area (Å²) in [6.45, 7) is 8.64. The summed E-state index contributed by atoms with van der Waals surface area (Å²) in [4.78, 5) is 14.8. The zero-order valence-corrected chi connectivity index (χ0v) is 19.8. The lowest BCUT2D eigenvalue weighted by Crippen LogP contribution is -2.49. The van der Waals surface area contributed by atoms with Crippen LogP contribution in [0.3, 0.4) is 0 Å². The molecular formula is C21H30ClN5O3S.